The minimum absolute atomic E-state index is 0.0412. The zero-order valence-corrected chi connectivity index (χ0v) is 25.0. The Labute approximate surface area is 246 Å². The number of methoxy groups -OCH3 is 2. The average Bonchev–Trinajstić information content (AvgIpc) is 2.97. The highest BCUT2D eigenvalue weighted by atomic mass is 16.6. The van der Waals surface area contributed by atoms with Crippen molar-refractivity contribution in [2.24, 2.45) is 0 Å². The first kappa shape index (κ1) is 32.4. The van der Waals surface area contributed by atoms with Crippen molar-refractivity contribution < 1.29 is 48.0 Å². The van der Waals surface area contributed by atoms with Gasteiger partial charge in [0.2, 0.25) is 5.60 Å². The molecule has 0 bridgehead atoms. The highest BCUT2D eigenvalue weighted by Crippen LogP contribution is 2.43. The minimum atomic E-state index is -1.65. The third-order valence-corrected chi connectivity index (χ3v) is 7.20. The van der Waals surface area contributed by atoms with Crippen LogP contribution in [0.25, 0.3) is 0 Å². The maximum absolute atomic E-state index is 13.2. The summed E-state index contributed by atoms with van der Waals surface area (Å²) in [6.45, 7) is 5.96. The molecule has 42 heavy (non-hydrogen) atoms. The topological polar surface area (TPSA) is 135 Å². The van der Waals surface area contributed by atoms with E-state index in [1.807, 2.05) is 13.8 Å². The Hall–Kier alpha value is -4.08. The molecule has 1 aliphatic rings. The SMILES string of the molecule is CCCc1c(OCCCOc2ccc3c(c2CCC)OC(CCC(=O)OC)(C(=O)OC)CC3=O)ccc(C(C)=O)c1O. The lowest BCUT2D eigenvalue weighted by molar-refractivity contribution is -0.161. The molecule has 0 spiro atoms. The quantitative estimate of drug-likeness (QED) is 0.170. The summed E-state index contributed by atoms with van der Waals surface area (Å²) in [6.07, 6.45) is 2.65. The molecule has 1 heterocycles. The zero-order valence-electron chi connectivity index (χ0n) is 25.0. The van der Waals surface area contributed by atoms with Crippen molar-refractivity contribution >= 4 is 23.5 Å². The molecule has 10 nitrogen and oxygen atoms in total. The average molecular weight is 585 g/mol. The predicted molar refractivity (Wildman–Crippen MR) is 154 cm³/mol. The van der Waals surface area contributed by atoms with E-state index < -0.39 is 17.5 Å². The fourth-order valence-corrected chi connectivity index (χ4v) is 5.05. The van der Waals surface area contributed by atoms with E-state index in [-0.39, 0.29) is 54.5 Å². The van der Waals surface area contributed by atoms with Crippen LogP contribution in [0.1, 0.15) is 91.1 Å². The number of Topliss-reactive ketones (excluding diaryl/α,β-unsaturated/α-hetero) is 2. The standard InChI is InChI=1S/C32H40O10/c1-6-9-23-26(13-11-21(20(3)33)29(23)36)40-17-8-18-41-27-14-12-22-25(34)19-32(31(37)39-5,16-15-28(35)38-4)42-30(22)24(27)10-7-2/h11-14,36H,6-10,15-19H2,1-5H3. The maximum Gasteiger partial charge on any atom is 0.350 e. The predicted octanol–water partition coefficient (Wildman–Crippen LogP) is 5.18. The third kappa shape index (κ3) is 7.21. The monoisotopic (exact) mass is 584 g/mol. The number of carbonyl (C=O) groups excluding carboxylic acids is 4. The molecular formula is C32H40O10. The van der Waals surface area contributed by atoms with Gasteiger partial charge in [-0.1, -0.05) is 26.7 Å². The van der Waals surface area contributed by atoms with E-state index in [0.717, 1.165) is 12.8 Å². The van der Waals surface area contributed by atoms with Crippen LogP contribution >= 0.6 is 0 Å². The van der Waals surface area contributed by atoms with E-state index in [9.17, 15) is 24.3 Å². The lowest BCUT2D eigenvalue weighted by Crippen LogP contribution is -2.50. The maximum atomic E-state index is 13.2. The number of fused-ring (bicyclic) bond motifs is 1. The normalized spacial score (nSPS) is 15.8. The Bertz CT molecular complexity index is 1310. The number of phenolic OH excluding ortho intramolecular Hbond substituents is 1. The number of aromatic hydroxyl groups is 1. The van der Waals surface area contributed by atoms with Crippen molar-refractivity contribution in [2.45, 2.75) is 77.7 Å². The lowest BCUT2D eigenvalue weighted by Gasteiger charge is -2.36. The first-order chi connectivity index (χ1) is 20.1. The number of phenols is 1. The molecule has 10 heteroatoms. The van der Waals surface area contributed by atoms with Gasteiger partial charge in [-0.25, -0.2) is 4.79 Å². The van der Waals surface area contributed by atoms with Gasteiger partial charge in [-0.2, -0.15) is 0 Å². The number of esters is 2. The van der Waals surface area contributed by atoms with Crippen molar-refractivity contribution in [1.82, 2.24) is 0 Å². The Balaban J connectivity index is 1.77. The van der Waals surface area contributed by atoms with Gasteiger partial charge >= 0.3 is 11.9 Å². The van der Waals surface area contributed by atoms with Crippen molar-refractivity contribution in [3.63, 3.8) is 0 Å². The summed E-state index contributed by atoms with van der Waals surface area (Å²) < 4.78 is 28.0. The van der Waals surface area contributed by atoms with Gasteiger partial charge in [0.05, 0.1) is 45.0 Å². The van der Waals surface area contributed by atoms with Crippen LogP contribution in [0.3, 0.4) is 0 Å². The van der Waals surface area contributed by atoms with Gasteiger partial charge in [0, 0.05) is 30.4 Å². The van der Waals surface area contributed by atoms with Crippen LogP contribution in [0.15, 0.2) is 24.3 Å². The smallest absolute Gasteiger partial charge is 0.350 e. The summed E-state index contributed by atoms with van der Waals surface area (Å²) in [5.74, 6) is -0.490. The molecule has 2 aromatic rings. The molecule has 0 fully saturated rings. The first-order valence-corrected chi connectivity index (χ1v) is 14.3. The lowest BCUT2D eigenvalue weighted by atomic mass is 9.85. The van der Waals surface area contributed by atoms with Gasteiger partial charge in [-0.15, -0.1) is 0 Å². The number of rotatable bonds is 15. The summed E-state index contributed by atoms with van der Waals surface area (Å²) in [6, 6.07) is 6.62. The highest BCUT2D eigenvalue weighted by Gasteiger charge is 2.49. The van der Waals surface area contributed by atoms with E-state index in [0.29, 0.717) is 54.1 Å². The number of benzene rings is 2. The van der Waals surface area contributed by atoms with Gasteiger partial charge in [0.15, 0.2) is 11.6 Å². The Morgan fingerprint density at radius 1 is 0.929 bits per heavy atom. The molecule has 0 saturated heterocycles. The van der Waals surface area contributed by atoms with Gasteiger partial charge in [-0.05, 0) is 44.0 Å². The van der Waals surface area contributed by atoms with E-state index in [2.05, 4.69) is 0 Å². The molecule has 3 rings (SSSR count). The molecule has 0 aromatic heterocycles. The molecule has 1 atom stereocenters. The second-order valence-electron chi connectivity index (χ2n) is 10.2. The molecule has 0 aliphatic carbocycles. The summed E-state index contributed by atoms with van der Waals surface area (Å²) in [5.41, 5.74) is 0.234. The van der Waals surface area contributed by atoms with Crippen molar-refractivity contribution in [3.05, 3.63) is 46.5 Å². The second kappa shape index (κ2) is 14.7. The number of carbonyl (C=O) groups is 4. The van der Waals surface area contributed by atoms with Crippen molar-refractivity contribution in [2.75, 3.05) is 27.4 Å². The van der Waals surface area contributed by atoms with Crippen LogP contribution in [0, 0.1) is 0 Å². The molecule has 1 N–H and O–H groups in total. The first-order valence-electron chi connectivity index (χ1n) is 14.3. The molecule has 2 aromatic carbocycles. The van der Waals surface area contributed by atoms with Gasteiger partial charge in [-0.3, -0.25) is 14.4 Å². The Kier molecular flexibility index (Phi) is 11.4. The number of hydrogen-bond acceptors (Lipinski definition) is 10. The summed E-state index contributed by atoms with van der Waals surface area (Å²) in [5, 5.41) is 10.6. The highest BCUT2D eigenvalue weighted by molar-refractivity contribution is 6.04. The second-order valence-corrected chi connectivity index (χ2v) is 10.2. The molecule has 1 aliphatic heterocycles. The zero-order chi connectivity index (χ0) is 30.9. The minimum Gasteiger partial charge on any atom is -0.507 e. The van der Waals surface area contributed by atoms with Crippen LogP contribution in [0.4, 0.5) is 0 Å². The fourth-order valence-electron chi connectivity index (χ4n) is 5.05. The van der Waals surface area contributed by atoms with Gasteiger partial charge in [0.1, 0.15) is 23.0 Å². The number of ketones is 2. The number of ether oxygens (including phenoxy) is 5. The third-order valence-electron chi connectivity index (χ3n) is 7.20. The van der Waals surface area contributed by atoms with Crippen molar-refractivity contribution in [3.8, 4) is 23.0 Å². The van der Waals surface area contributed by atoms with Gasteiger partial charge in [0.25, 0.3) is 0 Å². The van der Waals surface area contributed by atoms with E-state index in [4.69, 9.17) is 23.7 Å². The Morgan fingerprint density at radius 2 is 1.55 bits per heavy atom. The molecule has 228 valence electrons. The molecular weight excluding hydrogens is 544 g/mol. The van der Waals surface area contributed by atoms with Gasteiger partial charge < -0.3 is 28.8 Å². The molecule has 0 saturated carbocycles. The van der Waals surface area contributed by atoms with E-state index in [1.54, 1.807) is 24.3 Å². The van der Waals surface area contributed by atoms with Crippen LogP contribution in [0.2, 0.25) is 0 Å². The van der Waals surface area contributed by atoms with Crippen LogP contribution in [0.5, 0.6) is 23.0 Å². The fraction of sp³-hybridized carbons (Fsp3) is 0.500. The summed E-state index contributed by atoms with van der Waals surface area (Å²) >= 11 is 0. The van der Waals surface area contributed by atoms with E-state index in [1.165, 1.54) is 21.1 Å². The number of hydrogen-bond donors (Lipinski definition) is 1. The van der Waals surface area contributed by atoms with Crippen LogP contribution in [-0.2, 0) is 31.9 Å². The molecule has 0 radical (unpaired) electrons. The summed E-state index contributed by atoms with van der Waals surface area (Å²) in [4.78, 5) is 49.7. The van der Waals surface area contributed by atoms with E-state index >= 15 is 0 Å². The van der Waals surface area contributed by atoms with Crippen LogP contribution < -0.4 is 14.2 Å². The van der Waals surface area contributed by atoms with Crippen molar-refractivity contribution in [1.29, 1.82) is 0 Å². The molecule has 1 unspecified atom stereocenters. The molecule has 0 amide bonds. The van der Waals surface area contributed by atoms with Crippen LogP contribution in [-0.4, -0.2) is 61.6 Å². The largest absolute Gasteiger partial charge is 0.507 e. The summed E-state index contributed by atoms with van der Waals surface area (Å²) in [7, 11) is 2.46. The Morgan fingerprint density at radius 3 is 2.14 bits per heavy atom.